The molecule has 0 aromatic carbocycles. The number of rotatable bonds is 3. The second-order valence-electron chi connectivity index (χ2n) is 2.55. The van der Waals surface area contributed by atoms with Crippen molar-refractivity contribution in [3.63, 3.8) is 0 Å². The molecule has 68 valence electrons. The normalized spacial score (nSPS) is 10.5. The van der Waals surface area contributed by atoms with Gasteiger partial charge in [-0.05, 0) is 6.08 Å². The van der Waals surface area contributed by atoms with Crippen molar-refractivity contribution in [2.75, 3.05) is 0 Å². The molecule has 13 heavy (non-hydrogen) atoms. The summed E-state index contributed by atoms with van der Waals surface area (Å²) < 4.78 is 0. The van der Waals surface area contributed by atoms with Crippen LogP contribution in [0.5, 0.6) is 0 Å². The first-order valence-corrected chi connectivity index (χ1v) is 3.82. The number of H-pyrrole nitrogens is 1. The lowest BCUT2D eigenvalue weighted by molar-refractivity contribution is -0.117. The van der Waals surface area contributed by atoms with Gasteiger partial charge in [0.05, 0.1) is 0 Å². The fraction of sp³-hybridized carbons (Fsp3) is 0.111. The van der Waals surface area contributed by atoms with Crippen molar-refractivity contribution in [3.8, 4) is 0 Å². The lowest BCUT2D eigenvalue weighted by atomic mass is 10.3. The quantitative estimate of drug-likeness (QED) is 0.696. The SMILES string of the molecule is NC(=O)CC=Cc1cc(=O)cc[nH]1. The topological polar surface area (TPSA) is 76.0 Å². The molecule has 0 spiro atoms. The molecule has 4 heteroatoms. The van der Waals surface area contributed by atoms with E-state index in [1.54, 1.807) is 18.3 Å². The molecule has 4 nitrogen and oxygen atoms in total. The molecule has 0 aliphatic heterocycles. The van der Waals surface area contributed by atoms with E-state index in [9.17, 15) is 9.59 Å². The highest BCUT2D eigenvalue weighted by atomic mass is 16.1. The summed E-state index contributed by atoms with van der Waals surface area (Å²) in [5.41, 5.74) is 5.51. The van der Waals surface area contributed by atoms with Crippen molar-refractivity contribution < 1.29 is 4.79 Å². The number of hydrogen-bond donors (Lipinski definition) is 2. The van der Waals surface area contributed by atoms with Crippen LogP contribution in [0.3, 0.4) is 0 Å². The summed E-state index contributed by atoms with van der Waals surface area (Å²) in [6, 6.07) is 2.86. The van der Waals surface area contributed by atoms with Crippen molar-refractivity contribution in [2.45, 2.75) is 6.42 Å². The third kappa shape index (κ3) is 3.37. The average Bonchev–Trinajstić information content (AvgIpc) is 2.03. The monoisotopic (exact) mass is 178 g/mol. The molecule has 3 N–H and O–H groups in total. The van der Waals surface area contributed by atoms with Crippen LogP contribution in [0.2, 0.25) is 0 Å². The van der Waals surface area contributed by atoms with Crippen molar-refractivity contribution in [2.24, 2.45) is 5.73 Å². The second kappa shape index (κ2) is 4.25. The third-order valence-electron chi connectivity index (χ3n) is 1.41. The Morgan fingerprint density at radius 3 is 3.00 bits per heavy atom. The molecule has 0 bridgehead atoms. The van der Waals surface area contributed by atoms with Crippen LogP contribution >= 0.6 is 0 Å². The van der Waals surface area contributed by atoms with Gasteiger partial charge in [-0.1, -0.05) is 6.08 Å². The first-order valence-electron chi connectivity index (χ1n) is 3.82. The smallest absolute Gasteiger partial charge is 0.221 e. The minimum atomic E-state index is -0.394. The van der Waals surface area contributed by atoms with E-state index >= 15 is 0 Å². The lowest BCUT2D eigenvalue weighted by Gasteiger charge is -1.90. The van der Waals surface area contributed by atoms with Gasteiger partial charge in [0, 0.05) is 30.4 Å². The van der Waals surface area contributed by atoms with Gasteiger partial charge in [0.25, 0.3) is 0 Å². The number of primary amides is 1. The van der Waals surface area contributed by atoms with Crippen LogP contribution in [0.25, 0.3) is 6.08 Å². The number of nitrogens with two attached hydrogens (primary N) is 1. The molecule has 1 aromatic heterocycles. The van der Waals surface area contributed by atoms with Gasteiger partial charge >= 0.3 is 0 Å². The van der Waals surface area contributed by atoms with Crippen LogP contribution in [0, 0.1) is 0 Å². The number of carbonyl (C=O) groups is 1. The maximum Gasteiger partial charge on any atom is 0.221 e. The standard InChI is InChI=1S/C9H10N2O2/c10-9(13)3-1-2-7-6-8(12)4-5-11-7/h1-2,4-6H,3H2,(H2,10,13)(H,11,12). The minimum absolute atomic E-state index is 0.0718. The Morgan fingerprint density at radius 2 is 2.38 bits per heavy atom. The van der Waals surface area contributed by atoms with Crippen LogP contribution in [0.15, 0.2) is 29.2 Å². The number of amides is 1. The Labute approximate surface area is 75.1 Å². The van der Waals surface area contributed by atoms with Gasteiger partial charge in [-0.2, -0.15) is 0 Å². The summed E-state index contributed by atoms with van der Waals surface area (Å²) in [6.45, 7) is 0. The van der Waals surface area contributed by atoms with Crippen LogP contribution in [-0.2, 0) is 4.79 Å². The number of aromatic amines is 1. The first-order chi connectivity index (χ1) is 6.18. The fourth-order valence-corrected chi connectivity index (χ4v) is 0.861. The molecular weight excluding hydrogens is 168 g/mol. The van der Waals surface area contributed by atoms with Crippen molar-refractivity contribution in [1.29, 1.82) is 0 Å². The summed E-state index contributed by atoms with van der Waals surface area (Å²) in [5, 5.41) is 0. The van der Waals surface area contributed by atoms with E-state index in [-0.39, 0.29) is 11.8 Å². The van der Waals surface area contributed by atoms with Gasteiger partial charge in [-0.25, -0.2) is 0 Å². The summed E-state index contributed by atoms with van der Waals surface area (Å²) in [7, 11) is 0. The minimum Gasteiger partial charge on any atom is -0.369 e. The zero-order valence-electron chi connectivity index (χ0n) is 6.99. The molecule has 0 aliphatic rings. The van der Waals surface area contributed by atoms with Crippen LogP contribution in [0.1, 0.15) is 12.1 Å². The average molecular weight is 178 g/mol. The highest BCUT2D eigenvalue weighted by Gasteiger charge is 1.89. The Kier molecular flexibility index (Phi) is 3.03. The molecule has 0 aliphatic carbocycles. The van der Waals surface area contributed by atoms with Gasteiger partial charge in [-0.3, -0.25) is 9.59 Å². The summed E-state index contributed by atoms with van der Waals surface area (Å²) >= 11 is 0. The van der Waals surface area contributed by atoms with Gasteiger partial charge in [-0.15, -0.1) is 0 Å². The van der Waals surface area contributed by atoms with Gasteiger partial charge in [0.2, 0.25) is 5.91 Å². The largest absolute Gasteiger partial charge is 0.369 e. The molecule has 1 heterocycles. The Morgan fingerprint density at radius 1 is 1.62 bits per heavy atom. The van der Waals surface area contributed by atoms with E-state index in [1.807, 2.05) is 0 Å². The maximum atomic E-state index is 10.8. The number of hydrogen-bond acceptors (Lipinski definition) is 2. The van der Waals surface area contributed by atoms with Crippen LogP contribution < -0.4 is 11.2 Å². The van der Waals surface area contributed by atoms with E-state index in [4.69, 9.17) is 5.73 Å². The zero-order valence-corrected chi connectivity index (χ0v) is 6.99. The molecule has 0 saturated heterocycles. The number of pyridine rings is 1. The van der Waals surface area contributed by atoms with Gasteiger partial charge in [0.1, 0.15) is 0 Å². The highest BCUT2D eigenvalue weighted by Crippen LogP contribution is 1.93. The third-order valence-corrected chi connectivity index (χ3v) is 1.41. The number of aromatic nitrogens is 1. The number of carbonyl (C=O) groups excluding carboxylic acids is 1. The Hall–Kier alpha value is -1.84. The molecular formula is C9H10N2O2. The summed E-state index contributed by atoms with van der Waals surface area (Å²) in [5.74, 6) is -0.394. The van der Waals surface area contributed by atoms with Crippen LogP contribution in [0.4, 0.5) is 0 Å². The highest BCUT2D eigenvalue weighted by molar-refractivity contribution is 5.76. The van der Waals surface area contributed by atoms with Gasteiger partial charge in [0.15, 0.2) is 5.43 Å². The lowest BCUT2D eigenvalue weighted by Crippen LogP contribution is -2.08. The predicted molar refractivity (Wildman–Crippen MR) is 49.9 cm³/mol. The molecule has 1 amide bonds. The second-order valence-corrected chi connectivity index (χ2v) is 2.55. The van der Waals surface area contributed by atoms with E-state index in [2.05, 4.69) is 4.98 Å². The summed E-state index contributed by atoms with van der Waals surface area (Å²) in [6.07, 6.45) is 4.98. The van der Waals surface area contributed by atoms with Crippen molar-refractivity contribution >= 4 is 12.0 Å². The van der Waals surface area contributed by atoms with E-state index in [0.717, 1.165) is 0 Å². The van der Waals surface area contributed by atoms with E-state index in [1.165, 1.54) is 12.1 Å². The molecule has 1 aromatic rings. The number of nitrogens with one attached hydrogen (secondary N) is 1. The summed E-state index contributed by atoms with van der Waals surface area (Å²) in [4.78, 5) is 24.0. The predicted octanol–water partition coefficient (Wildman–Crippen LogP) is 0.263. The first kappa shape index (κ1) is 9.25. The van der Waals surface area contributed by atoms with Crippen molar-refractivity contribution in [3.05, 3.63) is 40.3 Å². The molecule has 0 atom stereocenters. The Balaban J connectivity index is 2.69. The molecule has 0 radical (unpaired) electrons. The van der Waals surface area contributed by atoms with Crippen LogP contribution in [-0.4, -0.2) is 10.9 Å². The van der Waals surface area contributed by atoms with Gasteiger partial charge < -0.3 is 10.7 Å². The molecule has 0 saturated carbocycles. The molecule has 0 fully saturated rings. The maximum absolute atomic E-state index is 10.8. The fourth-order valence-electron chi connectivity index (χ4n) is 0.861. The molecule has 1 rings (SSSR count). The van der Waals surface area contributed by atoms with Crippen molar-refractivity contribution in [1.82, 2.24) is 4.98 Å². The zero-order chi connectivity index (χ0) is 9.68. The Bertz CT molecular complexity index is 379. The van der Waals surface area contributed by atoms with E-state index in [0.29, 0.717) is 5.69 Å². The molecule has 0 unspecified atom stereocenters. The van der Waals surface area contributed by atoms with E-state index < -0.39 is 5.91 Å².